The van der Waals surface area contributed by atoms with Crippen molar-refractivity contribution in [3.63, 3.8) is 0 Å². The Balaban J connectivity index is 2.28. The van der Waals surface area contributed by atoms with Crippen LogP contribution in [0.15, 0.2) is 23.6 Å². The van der Waals surface area contributed by atoms with E-state index in [2.05, 4.69) is 9.97 Å². The zero-order chi connectivity index (χ0) is 7.94. The molecule has 1 aromatic rings. The fourth-order valence-corrected chi connectivity index (χ4v) is 1.66. The summed E-state index contributed by atoms with van der Waals surface area (Å²) < 4.78 is 0. The molecule has 0 aromatic carbocycles. The van der Waals surface area contributed by atoms with Gasteiger partial charge in [0.2, 0.25) is 0 Å². The fourth-order valence-electron chi connectivity index (χ4n) is 0.595. The van der Waals surface area contributed by atoms with Gasteiger partial charge in [-0.15, -0.1) is 23.4 Å². The van der Waals surface area contributed by atoms with Crippen LogP contribution in [0.2, 0.25) is 0 Å². The third-order valence-corrected chi connectivity index (χ3v) is 2.38. The molecule has 0 radical (unpaired) electrons. The summed E-state index contributed by atoms with van der Waals surface area (Å²) in [6.45, 7) is 0. The van der Waals surface area contributed by atoms with Gasteiger partial charge in [-0.25, -0.2) is 9.97 Å². The zero-order valence-electron chi connectivity index (χ0n) is 6.03. The van der Waals surface area contributed by atoms with E-state index >= 15 is 0 Å². The Morgan fingerprint density at radius 1 is 1.55 bits per heavy atom. The van der Waals surface area contributed by atoms with Crippen molar-refractivity contribution in [3.05, 3.63) is 18.6 Å². The second-order valence-corrected chi connectivity index (χ2v) is 3.43. The van der Waals surface area contributed by atoms with Gasteiger partial charge in [0.25, 0.3) is 0 Å². The SMILES string of the molecule is ClCCCSc1ccncn1. The molecule has 0 amide bonds. The quantitative estimate of drug-likeness (QED) is 0.314. The molecule has 4 heteroatoms. The third kappa shape index (κ3) is 3.58. The lowest BCUT2D eigenvalue weighted by molar-refractivity contribution is 1.04. The zero-order valence-corrected chi connectivity index (χ0v) is 7.61. The molecule has 1 heterocycles. The highest BCUT2D eigenvalue weighted by Crippen LogP contribution is 2.14. The van der Waals surface area contributed by atoms with Gasteiger partial charge < -0.3 is 0 Å². The van der Waals surface area contributed by atoms with E-state index in [1.54, 1.807) is 24.3 Å². The molecule has 0 N–H and O–H groups in total. The maximum absolute atomic E-state index is 5.52. The minimum absolute atomic E-state index is 0.720. The third-order valence-electron chi connectivity index (χ3n) is 1.08. The predicted molar refractivity (Wildman–Crippen MR) is 48.1 cm³/mol. The average Bonchev–Trinajstić information content (AvgIpc) is 2.07. The van der Waals surface area contributed by atoms with Crippen LogP contribution in [0.5, 0.6) is 0 Å². The Hall–Kier alpha value is -0.280. The summed E-state index contributed by atoms with van der Waals surface area (Å²) in [5.74, 6) is 1.75. The van der Waals surface area contributed by atoms with Crippen molar-refractivity contribution in [1.82, 2.24) is 9.97 Å². The molecule has 2 nitrogen and oxygen atoms in total. The molecule has 0 saturated heterocycles. The summed E-state index contributed by atoms with van der Waals surface area (Å²) in [5.41, 5.74) is 0. The predicted octanol–water partition coefficient (Wildman–Crippen LogP) is 2.20. The minimum atomic E-state index is 0.720. The number of hydrogen-bond donors (Lipinski definition) is 0. The Morgan fingerprint density at radius 2 is 2.45 bits per heavy atom. The highest BCUT2D eigenvalue weighted by Gasteiger charge is 1.92. The van der Waals surface area contributed by atoms with Crippen molar-refractivity contribution in [3.8, 4) is 0 Å². The Kier molecular flexibility index (Phi) is 4.31. The van der Waals surface area contributed by atoms with Gasteiger partial charge in [-0.2, -0.15) is 0 Å². The maximum Gasteiger partial charge on any atom is 0.116 e. The molecule has 1 aromatic heterocycles. The molecule has 0 atom stereocenters. The van der Waals surface area contributed by atoms with Crippen molar-refractivity contribution in [2.24, 2.45) is 0 Å². The van der Waals surface area contributed by atoms with Gasteiger partial charge in [0, 0.05) is 17.8 Å². The Labute approximate surface area is 75.4 Å². The molecule has 0 spiro atoms. The van der Waals surface area contributed by atoms with Crippen molar-refractivity contribution < 1.29 is 0 Å². The molecule has 0 saturated carbocycles. The Morgan fingerprint density at radius 3 is 3.09 bits per heavy atom. The first kappa shape index (κ1) is 8.81. The van der Waals surface area contributed by atoms with Crippen LogP contribution in [0.4, 0.5) is 0 Å². The summed E-state index contributed by atoms with van der Waals surface area (Å²) in [4.78, 5) is 7.88. The fraction of sp³-hybridized carbons (Fsp3) is 0.429. The van der Waals surface area contributed by atoms with Crippen LogP contribution in [0, 0.1) is 0 Å². The monoisotopic (exact) mass is 188 g/mol. The lowest BCUT2D eigenvalue weighted by Gasteiger charge is -1.95. The number of halogens is 1. The van der Waals surface area contributed by atoms with Crippen LogP contribution in [-0.4, -0.2) is 21.6 Å². The molecular formula is C7H9ClN2S. The van der Waals surface area contributed by atoms with Crippen LogP contribution in [0.25, 0.3) is 0 Å². The number of hydrogen-bond acceptors (Lipinski definition) is 3. The van der Waals surface area contributed by atoms with Crippen LogP contribution < -0.4 is 0 Å². The lowest BCUT2D eigenvalue weighted by atomic mass is 10.6. The first-order valence-corrected chi connectivity index (χ1v) is 4.90. The van der Waals surface area contributed by atoms with E-state index < -0.39 is 0 Å². The van der Waals surface area contributed by atoms with Gasteiger partial charge in [0.15, 0.2) is 0 Å². The number of nitrogens with zero attached hydrogens (tertiary/aromatic N) is 2. The first-order valence-electron chi connectivity index (χ1n) is 3.38. The number of aromatic nitrogens is 2. The number of rotatable bonds is 4. The number of alkyl halides is 1. The number of thioether (sulfide) groups is 1. The molecular weight excluding hydrogens is 180 g/mol. The smallest absolute Gasteiger partial charge is 0.116 e. The van der Waals surface area contributed by atoms with Gasteiger partial charge >= 0.3 is 0 Å². The van der Waals surface area contributed by atoms with Crippen LogP contribution in [0.1, 0.15) is 6.42 Å². The summed E-state index contributed by atoms with van der Waals surface area (Å²) in [7, 11) is 0. The standard InChI is InChI=1S/C7H9ClN2S/c8-3-1-5-11-7-2-4-9-6-10-7/h2,4,6H,1,3,5H2. The van der Waals surface area contributed by atoms with Crippen molar-refractivity contribution in [2.45, 2.75) is 11.4 Å². The van der Waals surface area contributed by atoms with Crippen LogP contribution >= 0.6 is 23.4 Å². The van der Waals surface area contributed by atoms with Gasteiger partial charge in [0.1, 0.15) is 6.33 Å². The Bertz CT molecular complexity index is 193. The second-order valence-electron chi connectivity index (χ2n) is 1.94. The summed E-state index contributed by atoms with van der Waals surface area (Å²) in [5, 5.41) is 1.02. The van der Waals surface area contributed by atoms with Crippen molar-refractivity contribution >= 4 is 23.4 Å². The van der Waals surface area contributed by atoms with E-state index in [1.807, 2.05) is 6.07 Å². The second kappa shape index (κ2) is 5.38. The lowest BCUT2D eigenvalue weighted by Crippen LogP contribution is -1.84. The average molecular weight is 189 g/mol. The maximum atomic E-state index is 5.52. The molecule has 0 unspecified atom stereocenters. The van der Waals surface area contributed by atoms with E-state index in [0.29, 0.717) is 0 Å². The van der Waals surface area contributed by atoms with E-state index in [4.69, 9.17) is 11.6 Å². The van der Waals surface area contributed by atoms with Crippen molar-refractivity contribution in [1.29, 1.82) is 0 Å². The molecule has 0 aliphatic rings. The van der Waals surface area contributed by atoms with Gasteiger partial charge in [-0.3, -0.25) is 0 Å². The van der Waals surface area contributed by atoms with Crippen LogP contribution in [-0.2, 0) is 0 Å². The highest BCUT2D eigenvalue weighted by molar-refractivity contribution is 7.99. The van der Waals surface area contributed by atoms with Gasteiger partial charge in [-0.1, -0.05) is 0 Å². The summed E-state index contributed by atoms with van der Waals surface area (Å²) in [6, 6.07) is 1.90. The van der Waals surface area contributed by atoms with E-state index in [-0.39, 0.29) is 0 Å². The molecule has 60 valence electrons. The molecule has 0 aliphatic carbocycles. The molecule has 0 aliphatic heterocycles. The summed E-state index contributed by atoms with van der Waals surface area (Å²) in [6.07, 6.45) is 4.33. The molecule has 0 bridgehead atoms. The largest absolute Gasteiger partial charge is 0.245 e. The minimum Gasteiger partial charge on any atom is -0.245 e. The van der Waals surface area contributed by atoms with E-state index in [1.165, 1.54) is 0 Å². The van der Waals surface area contributed by atoms with Gasteiger partial charge in [0.05, 0.1) is 5.03 Å². The van der Waals surface area contributed by atoms with Crippen LogP contribution in [0.3, 0.4) is 0 Å². The normalized spacial score (nSPS) is 9.91. The molecule has 11 heavy (non-hydrogen) atoms. The molecule has 0 fully saturated rings. The van der Waals surface area contributed by atoms with E-state index in [0.717, 1.165) is 23.1 Å². The highest BCUT2D eigenvalue weighted by atomic mass is 35.5. The van der Waals surface area contributed by atoms with Gasteiger partial charge in [-0.05, 0) is 12.5 Å². The van der Waals surface area contributed by atoms with Crippen molar-refractivity contribution in [2.75, 3.05) is 11.6 Å². The first-order chi connectivity index (χ1) is 5.43. The summed E-state index contributed by atoms with van der Waals surface area (Å²) >= 11 is 7.23. The molecule has 1 rings (SSSR count). The topological polar surface area (TPSA) is 25.8 Å². The van der Waals surface area contributed by atoms with E-state index in [9.17, 15) is 0 Å².